The minimum absolute atomic E-state index is 0.0249. The van der Waals surface area contributed by atoms with E-state index in [9.17, 15) is 10.2 Å². The largest absolute Gasteiger partial charge is 0.508 e. The topological polar surface area (TPSA) is 74.1 Å². The molecule has 14 heavy (non-hydrogen) atoms. The first-order valence-corrected chi connectivity index (χ1v) is 4.23. The van der Waals surface area contributed by atoms with Gasteiger partial charge in [0.15, 0.2) is 4.77 Å². The zero-order valence-corrected chi connectivity index (χ0v) is 7.82. The standard InChI is InChI=1S/C8H7N3O2S/c12-6-1-5(2-7(13)3-6)11-4-9-10-8(11)14/h1-4,12-13H,(H,10,14). The Labute approximate surface area is 84.3 Å². The van der Waals surface area contributed by atoms with Crippen molar-refractivity contribution in [2.75, 3.05) is 0 Å². The number of benzene rings is 1. The maximum Gasteiger partial charge on any atom is 0.199 e. The lowest BCUT2D eigenvalue weighted by atomic mass is 10.3. The number of H-pyrrole nitrogens is 1. The smallest absolute Gasteiger partial charge is 0.199 e. The van der Waals surface area contributed by atoms with Gasteiger partial charge in [-0.25, -0.2) is 0 Å². The van der Waals surface area contributed by atoms with Gasteiger partial charge in [-0.3, -0.25) is 9.67 Å². The predicted molar refractivity (Wildman–Crippen MR) is 52.1 cm³/mol. The van der Waals surface area contributed by atoms with Gasteiger partial charge in [-0.05, 0) is 12.2 Å². The number of hydrogen-bond acceptors (Lipinski definition) is 4. The van der Waals surface area contributed by atoms with Gasteiger partial charge < -0.3 is 10.2 Å². The molecule has 0 amide bonds. The van der Waals surface area contributed by atoms with E-state index in [1.807, 2.05) is 0 Å². The average Bonchev–Trinajstić information content (AvgIpc) is 2.49. The molecule has 0 bridgehead atoms. The minimum atomic E-state index is -0.0249. The zero-order valence-electron chi connectivity index (χ0n) is 7.01. The van der Waals surface area contributed by atoms with Gasteiger partial charge in [0, 0.05) is 18.2 Å². The lowest BCUT2D eigenvalue weighted by Gasteiger charge is -2.02. The zero-order chi connectivity index (χ0) is 10.1. The van der Waals surface area contributed by atoms with Crippen molar-refractivity contribution >= 4 is 12.2 Å². The molecule has 5 nitrogen and oxygen atoms in total. The molecule has 0 aliphatic carbocycles. The van der Waals surface area contributed by atoms with Crippen molar-refractivity contribution < 1.29 is 10.2 Å². The second-order valence-corrected chi connectivity index (χ2v) is 3.13. The second kappa shape index (κ2) is 3.15. The van der Waals surface area contributed by atoms with Crippen molar-refractivity contribution in [3.05, 3.63) is 29.3 Å². The van der Waals surface area contributed by atoms with Crippen molar-refractivity contribution in [2.45, 2.75) is 0 Å². The first-order valence-electron chi connectivity index (χ1n) is 3.82. The van der Waals surface area contributed by atoms with Gasteiger partial charge in [0.2, 0.25) is 0 Å². The summed E-state index contributed by atoms with van der Waals surface area (Å²) in [4.78, 5) is 0. The fraction of sp³-hybridized carbons (Fsp3) is 0. The van der Waals surface area contributed by atoms with Crippen LogP contribution in [0.15, 0.2) is 24.5 Å². The van der Waals surface area contributed by atoms with E-state index in [4.69, 9.17) is 12.2 Å². The number of aromatic hydroxyl groups is 2. The molecule has 0 saturated carbocycles. The van der Waals surface area contributed by atoms with E-state index in [0.29, 0.717) is 10.5 Å². The summed E-state index contributed by atoms with van der Waals surface area (Å²) < 4.78 is 1.93. The predicted octanol–water partition coefficient (Wildman–Crippen LogP) is 1.34. The van der Waals surface area contributed by atoms with Crippen LogP contribution >= 0.6 is 12.2 Å². The number of phenolic OH excluding ortho intramolecular Hbond substituents is 2. The Morgan fingerprint density at radius 2 is 1.86 bits per heavy atom. The van der Waals surface area contributed by atoms with E-state index in [0.717, 1.165) is 0 Å². The molecule has 6 heteroatoms. The third-order valence-corrected chi connectivity index (χ3v) is 2.01. The van der Waals surface area contributed by atoms with E-state index in [1.54, 1.807) is 0 Å². The number of nitrogens with zero attached hydrogens (tertiary/aromatic N) is 2. The lowest BCUT2D eigenvalue weighted by Crippen LogP contribution is -1.91. The molecular formula is C8H7N3O2S. The summed E-state index contributed by atoms with van der Waals surface area (Å²) >= 11 is 4.94. The molecule has 0 radical (unpaired) electrons. The van der Waals surface area contributed by atoms with Crippen LogP contribution < -0.4 is 0 Å². The van der Waals surface area contributed by atoms with Gasteiger partial charge >= 0.3 is 0 Å². The molecular weight excluding hydrogens is 202 g/mol. The lowest BCUT2D eigenvalue weighted by molar-refractivity contribution is 0.450. The van der Waals surface area contributed by atoms with Gasteiger partial charge in [0.05, 0.1) is 5.69 Å². The molecule has 0 aliphatic heterocycles. The highest BCUT2D eigenvalue weighted by Gasteiger charge is 2.02. The van der Waals surface area contributed by atoms with Crippen LogP contribution in [-0.2, 0) is 0 Å². The summed E-state index contributed by atoms with van der Waals surface area (Å²) in [6.07, 6.45) is 1.47. The fourth-order valence-corrected chi connectivity index (χ4v) is 1.36. The molecule has 0 spiro atoms. The minimum Gasteiger partial charge on any atom is -0.508 e. The molecule has 3 N–H and O–H groups in total. The molecule has 0 atom stereocenters. The molecule has 72 valence electrons. The summed E-state index contributed by atoms with van der Waals surface area (Å²) in [5.41, 5.74) is 0.557. The van der Waals surface area contributed by atoms with E-state index < -0.39 is 0 Å². The van der Waals surface area contributed by atoms with Gasteiger partial charge in [-0.1, -0.05) is 0 Å². The van der Waals surface area contributed by atoms with Crippen LogP contribution in [0.2, 0.25) is 0 Å². The van der Waals surface area contributed by atoms with Crippen molar-refractivity contribution in [3.63, 3.8) is 0 Å². The summed E-state index contributed by atoms with van der Waals surface area (Å²) in [6.45, 7) is 0. The van der Waals surface area contributed by atoms with Crippen LogP contribution in [0.5, 0.6) is 11.5 Å². The number of aromatic nitrogens is 3. The summed E-state index contributed by atoms with van der Waals surface area (Å²) in [5.74, 6) is -0.0498. The molecule has 1 aromatic heterocycles. The van der Waals surface area contributed by atoms with Crippen molar-refractivity contribution in [1.29, 1.82) is 0 Å². The highest BCUT2D eigenvalue weighted by Crippen LogP contribution is 2.22. The Kier molecular flexibility index (Phi) is 1.97. The number of aromatic amines is 1. The highest BCUT2D eigenvalue weighted by atomic mass is 32.1. The van der Waals surface area contributed by atoms with Crippen LogP contribution in [-0.4, -0.2) is 25.0 Å². The van der Waals surface area contributed by atoms with Gasteiger partial charge in [-0.15, -0.1) is 0 Å². The summed E-state index contributed by atoms with van der Waals surface area (Å²) in [7, 11) is 0. The van der Waals surface area contributed by atoms with Crippen LogP contribution in [0.4, 0.5) is 0 Å². The maximum atomic E-state index is 9.25. The number of hydrogen-bond donors (Lipinski definition) is 3. The molecule has 2 rings (SSSR count). The van der Waals surface area contributed by atoms with Crippen LogP contribution in [0, 0.1) is 4.77 Å². The molecule has 0 aliphatic rings. The Morgan fingerprint density at radius 3 is 2.36 bits per heavy atom. The fourth-order valence-electron chi connectivity index (χ4n) is 1.15. The van der Waals surface area contributed by atoms with Gasteiger partial charge in [-0.2, -0.15) is 5.10 Å². The van der Waals surface area contributed by atoms with E-state index in [1.165, 1.54) is 29.1 Å². The average molecular weight is 209 g/mol. The first-order chi connectivity index (χ1) is 6.66. The van der Waals surface area contributed by atoms with Crippen molar-refractivity contribution in [1.82, 2.24) is 14.8 Å². The van der Waals surface area contributed by atoms with Crippen LogP contribution in [0.3, 0.4) is 0 Å². The van der Waals surface area contributed by atoms with E-state index >= 15 is 0 Å². The number of rotatable bonds is 1. The quantitative estimate of drug-likeness (QED) is 0.619. The van der Waals surface area contributed by atoms with Crippen molar-refractivity contribution in [2.24, 2.45) is 0 Å². The summed E-state index contributed by atoms with van der Waals surface area (Å²) in [5, 5.41) is 24.8. The van der Waals surface area contributed by atoms with Gasteiger partial charge in [0.1, 0.15) is 17.8 Å². The molecule has 2 aromatic rings. The molecule has 0 saturated heterocycles. The highest BCUT2D eigenvalue weighted by molar-refractivity contribution is 7.71. The van der Waals surface area contributed by atoms with Gasteiger partial charge in [0.25, 0.3) is 0 Å². The van der Waals surface area contributed by atoms with Crippen LogP contribution in [0.1, 0.15) is 0 Å². The number of phenols is 2. The Morgan fingerprint density at radius 1 is 1.21 bits per heavy atom. The molecule has 0 fully saturated rings. The molecule has 1 heterocycles. The van der Waals surface area contributed by atoms with E-state index in [-0.39, 0.29) is 11.5 Å². The summed E-state index contributed by atoms with van der Waals surface area (Å²) in [6, 6.07) is 4.20. The van der Waals surface area contributed by atoms with E-state index in [2.05, 4.69) is 10.2 Å². The normalized spacial score (nSPS) is 10.3. The maximum absolute atomic E-state index is 9.25. The number of nitrogens with one attached hydrogen (secondary N) is 1. The SMILES string of the molecule is Oc1cc(O)cc(-n2cn[nH]c2=S)c1. The Bertz CT molecular complexity index is 497. The third kappa shape index (κ3) is 1.47. The molecule has 1 aromatic carbocycles. The van der Waals surface area contributed by atoms with Crippen molar-refractivity contribution in [3.8, 4) is 17.2 Å². The molecule has 0 unspecified atom stereocenters. The Balaban J connectivity index is 2.63. The van der Waals surface area contributed by atoms with Crippen LogP contribution in [0.25, 0.3) is 5.69 Å². The monoisotopic (exact) mass is 209 g/mol. The Hall–Kier alpha value is -1.82. The first kappa shape index (κ1) is 8.76. The second-order valence-electron chi connectivity index (χ2n) is 2.74. The third-order valence-electron chi connectivity index (χ3n) is 1.72.